The monoisotopic (exact) mass is 340 g/mol. The van der Waals surface area contributed by atoms with Crippen molar-refractivity contribution < 1.29 is 0 Å². The summed E-state index contributed by atoms with van der Waals surface area (Å²) in [6.07, 6.45) is 7.98. The highest BCUT2D eigenvalue weighted by Gasteiger charge is 2.04. The normalized spacial score (nSPS) is 10.8. The van der Waals surface area contributed by atoms with Gasteiger partial charge in [-0.1, -0.05) is 40.4 Å². The predicted molar refractivity (Wildman–Crippen MR) is 84.5 cm³/mol. The molecular formula is C15H18BrClN2. The fourth-order valence-electron chi connectivity index (χ4n) is 2.09. The molecule has 2 rings (SSSR count). The van der Waals surface area contributed by atoms with E-state index in [1.54, 1.807) is 0 Å². The van der Waals surface area contributed by atoms with E-state index in [1.807, 2.05) is 35.1 Å². The zero-order chi connectivity index (χ0) is 13.5. The van der Waals surface area contributed by atoms with Crippen LogP contribution in [0.2, 0.25) is 5.02 Å². The molecule has 0 unspecified atom stereocenters. The number of aryl methyl sites for hydroxylation is 1. The summed E-state index contributed by atoms with van der Waals surface area (Å²) in [7, 11) is 0. The van der Waals surface area contributed by atoms with Crippen LogP contribution in [0.5, 0.6) is 0 Å². The van der Waals surface area contributed by atoms with Gasteiger partial charge in [-0.25, -0.2) is 4.68 Å². The van der Waals surface area contributed by atoms with Crippen LogP contribution in [0.4, 0.5) is 0 Å². The topological polar surface area (TPSA) is 17.8 Å². The first-order valence-electron chi connectivity index (χ1n) is 6.66. The molecule has 102 valence electrons. The number of aromatic nitrogens is 2. The Balaban J connectivity index is 1.96. The molecule has 0 bridgehead atoms. The second-order valence-electron chi connectivity index (χ2n) is 4.56. The summed E-state index contributed by atoms with van der Waals surface area (Å²) in [5.41, 5.74) is 2.34. The smallest absolute Gasteiger partial charge is 0.0649 e. The summed E-state index contributed by atoms with van der Waals surface area (Å²) in [6.45, 7) is 0. The third-order valence-corrected chi connectivity index (χ3v) is 3.92. The first kappa shape index (κ1) is 14.6. The van der Waals surface area contributed by atoms with Gasteiger partial charge in [0.2, 0.25) is 0 Å². The third kappa shape index (κ3) is 4.36. The molecule has 0 aliphatic rings. The number of hydrogen-bond donors (Lipinski definition) is 0. The van der Waals surface area contributed by atoms with E-state index in [1.165, 1.54) is 31.4 Å². The minimum atomic E-state index is 0.757. The van der Waals surface area contributed by atoms with Crippen LogP contribution in [0.25, 0.3) is 5.69 Å². The Bertz CT molecular complexity index is 493. The van der Waals surface area contributed by atoms with Crippen LogP contribution in [0, 0.1) is 0 Å². The van der Waals surface area contributed by atoms with Crippen LogP contribution in [0.1, 0.15) is 31.4 Å². The summed E-state index contributed by atoms with van der Waals surface area (Å²) < 4.78 is 2.00. The minimum absolute atomic E-state index is 0.757. The first-order valence-corrected chi connectivity index (χ1v) is 8.16. The molecule has 0 aliphatic carbocycles. The van der Waals surface area contributed by atoms with Crippen molar-refractivity contribution in [1.29, 1.82) is 0 Å². The first-order chi connectivity index (χ1) is 9.31. The molecule has 1 aromatic heterocycles. The number of alkyl halides is 1. The molecule has 4 heteroatoms. The summed E-state index contributed by atoms with van der Waals surface area (Å²) in [6, 6.07) is 9.91. The van der Waals surface area contributed by atoms with E-state index < -0.39 is 0 Å². The van der Waals surface area contributed by atoms with Crippen molar-refractivity contribution in [1.82, 2.24) is 9.78 Å². The highest BCUT2D eigenvalue weighted by atomic mass is 79.9. The molecule has 19 heavy (non-hydrogen) atoms. The molecule has 0 fully saturated rings. The molecular weight excluding hydrogens is 324 g/mol. The summed E-state index contributed by atoms with van der Waals surface area (Å²) in [4.78, 5) is 0. The van der Waals surface area contributed by atoms with E-state index in [0.717, 1.165) is 22.5 Å². The van der Waals surface area contributed by atoms with Gasteiger partial charge < -0.3 is 0 Å². The van der Waals surface area contributed by atoms with Crippen LogP contribution in [0.3, 0.4) is 0 Å². The third-order valence-electron chi connectivity index (χ3n) is 3.11. The Morgan fingerprint density at radius 3 is 2.47 bits per heavy atom. The standard InChI is InChI=1S/C15H18BrClN2/c16-11-4-2-1-3-5-14-10-12-18-19(14)15-8-6-13(17)7-9-15/h6-10,12H,1-5,11H2. The van der Waals surface area contributed by atoms with Crippen LogP contribution < -0.4 is 0 Å². The number of halogens is 2. The Hall–Kier alpha value is -0.800. The Labute approximate surface area is 127 Å². The van der Waals surface area contributed by atoms with Crippen molar-refractivity contribution in [3.8, 4) is 5.69 Å². The highest BCUT2D eigenvalue weighted by molar-refractivity contribution is 9.09. The van der Waals surface area contributed by atoms with Gasteiger partial charge in [0, 0.05) is 22.2 Å². The molecule has 2 aromatic rings. The van der Waals surface area contributed by atoms with Gasteiger partial charge in [0.15, 0.2) is 0 Å². The molecule has 0 amide bonds. The number of rotatable bonds is 7. The van der Waals surface area contributed by atoms with Crippen molar-refractivity contribution in [3.05, 3.63) is 47.2 Å². The van der Waals surface area contributed by atoms with E-state index in [4.69, 9.17) is 11.6 Å². The second-order valence-corrected chi connectivity index (χ2v) is 5.79. The van der Waals surface area contributed by atoms with Crippen molar-refractivity contribution >= 4 is 27.5 Å². The molecule has 1 aromatic carbocycles. The largest absolute Gasteiger partial charge is 0.238 e. The van der Waals surface area contributed by atoms with Gasteiger partial charge in [0.25, 0.3) is 0 Å². The molecule has 0 aliphatic heterocycles. The molecule has 0 atom stereocenters. The molecule has 0 saturated heterocycles. The van der Waals surface area contributed by atoms with Crippen molar-refractivity contribution in [3.63, 3.8) is 0 Å². The van der Waals surface area contributed by atoms with Gasteiger partial charge in [-0.15, -0.1) is 0 Å². The number of hydrogen-bond acceptors (Lipinski definition) is 1. The number of nitrogens with zero attached hydrogens (tertiary/aromatic N) is 2. The highest BCUT2D eigenvalue weighted by Crippen LogP contribution is 2.16. The van der Waals surface area contributed by atoms with Gasteiger partial charge >= 0.3 is 0 Å². The zero-order valence-corrected chi connectivity index (χ0v) is 13.2. The molecule has 0 saturated carbocycles. The molecule has 1 heterocycles. The van der Waals surface area contributed by atoms with Gasteiger partial charge in [-0.05, 0) is 49.6 Å². The van der Waals surface area contributed by atoms with Crippen LogP contribution in [-0.4, -0.2) is 15.1 Å². The summed E-state index contributed by atoms with van der Waals surface area (Å²) in [5.74, 6) is 0. The van der Waals surface area contributed by atoms with E-state index in [9.17, 15) is 0 Å². The van der Waals surface area contributed by atoms with E-state index in [0.29, 0.717) is 0 Å². The van der Waals surface area contributed by atoms with E-state index >= 15 is 0 Å². The Morgan fingerprint density at radius 1 is 1.00 bits per heavy atom. The van der Waals surface area contributed by atoms with Gasteiger partial charge in [-0.2, -0.15) is 5.10 Å². The fraction of sp³-hybridized carbons (Fsp3) is 0.400. The average molecular weight is 342 g/mol. The maximum Gasteiger partial charge on any atom is 0.0649 e. The SMILES string of the molecule is Clc1ccc(-n2nccc2CCCCCCBr)cc1. The number of unbranched alkanes of at least 4 members (excludes halogenated alkanes) is 3. The van der Waals surface area contributed by atoms with Gasteiger partial charge in [0.05, 0.1) is 5.69 Å². The predicted octanol–water partition coefficient (Wildman–Crippen LogP) is 5.02. The lowest BCUT2D eigenvalue weighted by Gasteiger charge is -2.07. The van der Waals surface area contributed by atoms with Gasteiger partial charge in [-0.3, -0.25) is 0 Å². The lowest BCUT2D eigenvalue weighted by molar-refractivity contribution is 0.652. The Kier molecular flexibility index (Phi) is 5.93. The summed E-state index contributed by atoms with van der Waals surface area (Å²) in [5, 5.41) is 6.26. The zero-order valence-electron chi connectivity index (χ0n) is 10.9. The van der Waals surface area contributed by atoms with Crippen molar-refractivity contribution in [2.24, 2.45) is 0 Å². The molecule has 0 spiro atoms. The Morgan fingerprint density at radius 2 is 1.74 bits per heavy atom. The van der Waals surface area contributed by atoms with Crippen LogP contribution in [0.15, 0.2) is 36.5 Å². The van der Waals surface area contributed by atoms with E-state index in [-0.39, 0.29) is 0 Å². The van der Waals surface area contributed by atoms with Crippen molar-refractivity contribution in [2.75, 3.05) is 5.33 Å². The maximum absolute atomic E-state index is 5.91. The molecule has 2 nitrogen and oxygen atoms in total. The maximum atomic E-state index is 5.91. The molecule has 0 N–H and O–H groups in total. The fourth-order valence-corrected chi connectivity index (χ4v) is 2.61. The molecule has 0 radical (unpaired) electrons. The minimum Gasteiger partial charge on any atom is -0.238 e. The summed E-state index contributed by atoms with van der Waals surface area (Å²) >= 11 is 9.37. The quantitative estimate of drug-likeness (QED) is 0.510. The second kappa shape index (κ2) is 7.71. The van der Waals surface area contributed by atoms with Gasteiger partial charge in [0.1, 0.15) is 0 Å². The lowest BCUT2D eigenvalue weighted by Crippen LogP contribution is -2.02. The van der Waals surface area contributed by atoms with Crippen LogP contribution >= 0.6 is 27.5 Å². The average Bonchev–Trinajstić information content (AvgIpc) is 2.88. The lowest BCUT2D eigenvalue weighted by atomic mass is 10.1. The number of benzene rings is 1. The van der Waals surface area contributed by atoms with Crippen molar-refractivity contribution in [2.45, 2.75) is 32.1 Å². The van der Waals surface area contributed by atoms with E-state index in [2.05, 4.69) is 27.1 Å². The van der Waals surface area contributed by atoms with Crippen LogP contribution in [-0.2, 0) is 6.42 Å².